The minimum atomic E-state index is -0.298. The van der Waals surface area contributed by atoms with Crippen molar-refractivity contribution in [1.29, 1.82) is 5.26 Å². The number of H-pyrrole nitrogens is 1. The van der Waals surface area contributed by atoms with Gasteiger partial charge < -0.3 is 20.1 Å². The van der Waals surface area contributed by atoms with Gasteiger partial charge in [0.15, 0.2) is 0 Å². The molecule has 1 aromatic heterocycles. The third-order valence-corrected chi connectivity index (χ3v) is 4.20. The molecule has 3 aromatic rings. The monoisotopic (exact) mass is 355 g/mol. The van der Waals surface area contributed by atoms with Gasteiger partial charge in [0.05, 0.1) is 18.2 Å². The van der Waals surface area contributed by atoms with Crippen LogP contribution in [0.4, 0.5) is 5.69 Å². The molecule has 0 spiro atoms. The lowest BCUT2D eigenvalue weighted by atomic mass is 10.1. The number of pyridine rings is 1. The molecule has 0 unspecified atom stereocenters. The molecule has 3 rings (SSSR count). The van der Waals surface area contributed by atoms with Crippen LogP contribution in [0.1, 0.15) is 11.1 Å². The number of hydrogen-bond acceptors (Lipinski definition) is 5. The van der Waals surface area contributed by atoms with Crippen LogP contribution in [0.25, 0.3) is 10.9 Å². The van der Waals surface area contributed by atoms with Gasteiger partial charge in [-0.25, -0.2) is 0 Å². The number of hydrogen-bond donors (Lipinski definition) is 3. The van der Waals surface area contributed by atoms with E-state index in [4.69, 9.17) is 21.6 Å². The Morgan fingerprint density at radius 3 is 2.84 bits per heavy atom. The number of nitrogens with zero attached hydrogens (tertiary/aromatic N) is 1. The molecule has 7 heteroatoms. The van der Waals surface area contributed by atoms with Crippen LogP contribution in [-0.2, 0) is 6.54 Å². The fourth-order valence-electron chi connectivity index (χ4n) is 2.50. The largest absolute Gasteiger partial charge is 0.506 e. The number of methoxy groups -OCH3 is 1. The van der Waals surface area contributed by atoms with Crippen molar-refractivity contribution in [3.8, 4) is 17.6 Å². The first-order valence-corrected chi connectivity index (χ1v) is 7.76. The molecule has 126 valence electrons. The molecule has 1 heterocycles. The van der Waals surface area contributed by atoms with Crippen LogP contribution >= 0.6 is 11.6 Å². The summed E-state index contributed by atoms with van der Waals surface area (Å²) in [7, 11) is 1.49. The predicted molar refractivity (Wildman–Crippen MR) is 96.3 cm³/mol. The van der Waals surface area contributed by atoms with E-state index in [2.05, 4.69) is 10.3 Å². The summed E-state index contributed by atoms with van der Waals surface area (Å²) in [5.74, 6) is 0.377. The number of aromatic nitrogens is 1. The molecule has 0 saturated heterocycles. The van der Waals surface area contributed by atoms with Crippen LogP contribution in [0.15, 0.2) is 41.2 Å². The van der Waals surface area contributed by atoms with E-state index in [0.717, 1.165) is 11.1 Å². The molecular weight excluding hydrogens is 342 g/mol. The van der Waals surface area contributed by atoms with E-state index in [-0.39, 0.29) is 22.9 Å². The van der Waals surface area contributed by atoms with Crippen LogP contribution in [0.2, 0.25) is 5.02 Å². The van der Waals surface area contributed by atoms with Crippen LogP contribution in [0.5, 0.6) is 11.5 Å². The van der Waals surface area contributed by atoms with Crippen LogP contribution in [0.3, 0.4) is 0 Å². The highest BCUT2D eigenvalue weighted by Crippen LogP contribution is 2.30. The molecule has 0 fully saturated rings. The third-order valence-electron chi connectivity index (χ3n) is 3.82. The van der Waals surface area contributed by atoms with Crippen molar-refractivity contribution in [2.24, 2.45) is 0 Å². The Morgan fingerprint density at radius 1 is 1.32 bits per heavy atom. The second-order valence-corrected chi connectivity index (χ2v) is 5.74. The van der Waals surface area contributed by atoms with Gasteiger partial charge in [-0.2, -0.15) is 5.26 Å². The van der Waals surface area contributed by atoms with E-state index in [9.17, 15) is 9.90 Å². The summed E-state index contributed by atoms with van der Waals surface area (Å²) in [6, 6.07) is 12.0. The topological polar surface area (TPSA) is 98.1 Å². The molecule has 6 nitrogen and oxygen atoms in total. The van der Waals surface area contributed by atoms with E-state index in [0.29, 0.717) is 22.4 Å². The Labute approximate surface area is 148 Å². The minimum absolute atomic E-state index is 0.0830. The van der Waals surface area contributed by atoms with Gasteiger partial charge in [-0.1, -0.05) is 11.6 Å². The number of rotatable bonds is 4. The second-order valence-electron chi connectivity index (χ2n) is 5.37. The first kappa shape index (κ1) is 16.7. The molecular formula is C18H14ClN3O3. The molecule has 0 saturated carbocycles. The van der Waals surface area contributed by atoms with Gasteiger partial charge in [0.2, 0.25) is 0 Å². The number of nitriles is 1. The SMILES string of the molecule is COc1cc(NCc2cc3ccc(O)c(Cl)c3[nH]c2=O)ccc1C#N. The van der Waals surface area contributed by atoms with Crippen molar-refractivity contribution < 1.29 is 9.84 Å². The second kappa shape index (κ2) is 6.75. The number of phenolic OH excluding ortho intramolecular Hbond substituents is 1. The number of nitrogens with one attached hydrogen (secondary N) is 2. The van der Waals surface area contributed by atoms with Crippen LogP contribution in [-0.4, -0.2) is 17.2 Å². The maximum atomic E-state index is 12.2. The van der Waals surface area contributed by atoms with Gasteiger partial charge >= 0.3 is 0 Å². The van der Waals surface area contributed by atoms with Crippen molar-refractivity contribution in [2.75, 3.05) is 12.4 Å². The fraction of sp³-hybridized carbons (Fsp3) is 0.111. The zero-order valence-electron chi connectivity index (χ0n) is 13.3. The average molecular weight is 356 g/mol. The number of aromatic amines is 1. The maximum Gasteiger partial charge on any atom is 0.253 e. The molecule has 0 atom stereocenters. The first-order chi connectivity index (χ1) is 12.0. The maximum absolute atomic E-state index is 12.2. The highest BCUT2D eigenvalue weighted by atomic mass is 35.5. The molecule has 0 aliphatic heterocycles. The molecule has 0 aliphatic rings. The number of anilines is 1. The van der Waals surface area contributed by atoms with E-state index in [1.165, 1.54) is 13.2 Å². The van der Waals surface area contributed by atoms with Gasteiger partial charge in [0.1, 0.15) is 22.6 Å². The fourth-order valence-corrected chi connectivity index (χ4v) is 2.72. The number of benzene rings is 2. The summed E-state index contributed by atoms with van der Waals surface area (Å²) in [5.41, 5.74) is 1.77. The highest BCUT2D eigenvalue weighted by molar-refractivity contribution is 6.36. The zero-order valence-corrected chi connectivity index (χ0v) is 14.0. The third kappa shape index (κ3) is 3.23. The van der Waals surface area contributed by atoms with Crippen LogP contribution in [0, 0.1) is 11.3 Å². The standard InChI is InChI=1S/C18H14ClN3O3/c1-25-15-7-13(4-2-11(15)8-20)21-9-12-6-10-3-5-14(23)16(19)17(10)22-18(12)24/h2-7,21,23H,9H2,1H3,(H,22,24). The molecule has 25 heavy (non-hydrogen) atoms. The molecule has 3 N–H and O–H groups in total. The average Bonchev–Trinajstić information content (AvgIpc) is 2.63. The molecule has 0 aliphatic carbocycles. The van der Waals surface area contributed by atoms with Gasteiger partial charge in [-0.15, -0.1) is 0 Å². The molecule has 2 aromatic carbocycles. The number of phenols is 1. The van der Waals surface area contributed by atoms with E-state index in [1.807, 2.05) is 6.07 Å². The zero-order chi connectivity index (χ0) is 18.0. The van der Waals surface area contributed by atoms with E-state index < -0.39 is 0 Å². The summed E-state index contributed by atoms with van der Waals surface area (Å²) in [6.07, 6.45) is 0. The lowest BCUT2D eigenvalue weighted by Crippen LogP contribution is -2.15. The summed E-state index contributed by atoms with van der Waals surface area (Å²) in [5, 5.41) is 22.6. The van der Waals surface area contributed by atoms with Gasteiger partial charge in [0.25, 0.3) is 5.56 Å². The van der Waals surface area contributed by atoms with Crippen molar-refractivity contribution in [3.05, 3.63) is 62.9 Å². The number of ether oxygens (including phenoxy) is 1. The molecule has 0 amide bonds. The van der Waals surface area contributed by atoms with Gasteiger partial charge in [0, 0.05) is 29.2 Å². The Hall–Kier alpha value is -3.17. The smallest absolute Gasteiger partial charge is 0.253 e. The van der Waals surface area contributed by atoms with Gasteiger partial charge in [-0.05, 0) is 30.3 Å². The Balaban J connectivity index is 1.89. The summed E-state index contributed by atoms with van der Waals surface area (Å²) >= 11 is 6.01. The first-order valence-electron chi connectivity index (χ1n) is 7.39. The molecule has 0 radical (unpaired) electrons. The predicted octanol–water partition coefficient (Wildman–Crippen LogP) is 3.38. The van der Waals surface area contributed by atoms with E-state index >= 15 is 0 Å². The number of halogens is 1. The Bertz CT molecular complexity index is 1050. The summed E-state index contributed by atoms with van der Waals surface area (Å²) in [6.45, 7) is 0.277. The summed E-state index contributed by atoms with van der Waals surface area (Å²) < 4.78 is 5.17. The van der Waals surface area contributed by atoms with Gasteiger partial charge in [-0.3, -0.25) is 4.79 Å². The number of aromatic hydroxyl groups is 1. The van der Waals surface area contributed by atoms with Crippen LogP contribution < -0.4 is 15.6 Å². The summed E-state index contributed by atoms with van der Waals surface area (Å²) in [4.78, 5) is 14.9. The quantitative estimate of drug-likeness (QED) is 0.666. The van der Waals surface area contributed by atoms with Crippen molar-refractivity contribution >= 4 is 28.2 Å². The molecule has 0 bridgehead atoms. The Kier molecular flexibility index (Phi) is 4.50. The number of fused-ring (bicyclic) bond motifs is 1. The van der Waals surface area contributed by atoms with Crippen molar-refractivity contribution in [3.63, 3.8) is 0 Å². The van der Waals surface area contributed by atoms with Crippen molar-refractivity contribution in [2.45, 2.75) is 6.54 Å². The normalized spacial score (nSPS) is 10.4. The highest BCUT2D eigenvalue weighted by Gasteiger charge is 2.09. The lowest BCUT2D eigenvalue weighted by Gasteiger charge is -2.10. The van der Waals surface area contributed by atoms with E-state index in [1.54, 1.807) is 30.3 Å². The lowest BCUT2D eigenvalue weighted by molar-refractivity contribution is 0.413. The van der Waals surface area contributed by atoms with Crippen molar-refractivity contribution in [1.82, 2.24) is 4.98 Å². The minimum Gasteiger partial charge on any atom is -0.506 e. The Morgan fingerprint density at radius 2 is 2.12 bits per heavy atom.